The van der Waals surface area contributed by atoms with E-state index in [-0.39, 0.29) is 37.7 Å². The molecule has 0 aromatic rings. The van der Waals surface area contributed by atoms with Crippen molar-refractivity contribution in [2.24, 2.45) is 11.5 Å². The van der Waals surface area contributed by atoms with E-state index in [1.807, 2.05) is 13.8 Å². The van der Waals surface area contributed by atoms with Crippen LogP contribution >= 0.6 is 0 Å². The summed E-state index contributed by atoms with van der Waals surface area (Å²) in [5.74, 6) is -1.78. The summed E-state index contributed by atoms with van der Waals surface area (Å²) < 4.78 is 0. The molecule has 0 aliphatic rings. The fourth-order valence-corrected chi connectivity index (χ4v) is 1.12. The van der Waals surface area contributed by atoms with Gasteiger partial charge in [-0.15, -0.1) is 0 Å². The van der Waals surface area contributed by atoms with E-state index in [1.165, 1.54) is 0 Å². The van der Waals surface area contributed by atoms with Gasteiger partial charge in [0.2, 0.25) is 23.6 Å². The number of rotatable bonds is 9. The van der Waals surface area contributed by atoms with Crippen LogP contribution < -0.4 is 22.1 Å². The molecule has 0 atom stereocenters. The molecule has 0 aliphatic heterocycles. The molecule has 6 N–H and O–H groups in total. The first-order chi connectivity index (χ1) is 9.41. The Morgan fingerprint density at radius 3 is 1.30 bits per heavy atom. The molecule has 0 aromatic carbocycles. The number of amides is 4. The van der Waals surface area contributed by atoms with Gasteiger partial charge in [-0.05, 0) is 12.8 Å². The summed E-state index contributed by atoms with van der Waals surface area (Å²) >= 11 is 0. The lowest BCUT2D eigenvalue weighted by molar-refractivity contribution is -0.125. The number of unbranched alkanes of at least 4 members (excludes halogenated alkanes) is 1. The zero-order chi connectivity index (χ0) is 16.0. The summed E-state index contributed by atoms with van der Waals surface area (Å²) in [6.07, 6.45) is 1.45. The first-order valence-electron chi connectivity index (χ1n) is 6.52. The molecule has 0 saturated carbocycles. The standard InChI is InChI=1S/C10H18N4O4.C2H6/c11-7(15)5-13-9(17)3-1-2-4-10(18)14-6-8(12)16;1-2/h1-6H2,(H2,11,15)(H2,12,16)(H,13,17)(H,14,18);1-2H3. The van der Waals surface area contributed by atoms with Crippen LogP contribution in [-0.4, -0.2) is 36.7 Å². The van der Waals surface area contributed by atoms with Gasteiger partial charge in [0.05, 0.1) is 13.1 Å². The molecular formula is C12H24N4O4. The van der Waals surface area contributed by atoms with Crippen LogP contribution in [0, 0.1) is 0 Å². The summed E-state index contributed by atoms with van der Waals surface area (Å²) in [7, 11) is 0. The summed E-state index contributed by atoms with van der Waals surface area (Å²) in [5, 5.41) is 4.67. The Morgan fingerprint density at radius 1 is 0.750 bits per heavy atom. The monoisotopic (exact) mass is 288 g/mol. The average molecular weight is 288 g/mol. The van der Waals surface area contributed by atoms with Crippen LogP contribution in [0.1, 0.15) is 39.5 Å². The third kappa shape index (κ3) is 15.9. The van der Waals surface area contributed by atoms with Crippen molar-refractivity contribution >= 4 is 23.6 Å². The van der Waals surface area contributed by atoms with Gasteiger partial charge < -0.3 is 22.1 Å². The van der Waals surface area contributed by atoms with Crippen molar-refractivity contribution in [2.45, 2.75) is 39.5 Å². The van der Waals surface area contributed by atoms with E-state index in [4.69, 9.17) is 11.5 Å². The predicted octanol–water partition coefficient (Wildman–Crippen LogP) is -1.22. The molecule has 0 bridgehead atoms. The number of carbonyl (C=O) groups excluding carboxylic acids is 4. The second kappa shape index (κ2) is 13.3. The van der Waals surface area contributed by atoms with Gasteiger partial charge in [-0.3, -0.25) is 19.2 Å². The molecule has 0 rings (SSSR count). The smallest absolute Gasteiger partial charge is 0.236 e. The highest BCUT2D eigenvalue weighted by Gasteiger charge is 2.05. The Kier molecular flexibility index (Phi) is 13.4. The molecule has 0 saturated heterocycles. The van der Waals surface area contributed by atoms with Gasteiger partial charge in [0.1, 0.15) is 0 Å². The van der Waals surface area contributed by atoms with Crippen molar-refractivity contribution in [1.29, 1.82) is 0 Å². The molecule has 0 aromatic heterocycles. The van der Waals surface area contributed by atoms with Crippen LogP contribution in [0.2, 0.25) is 0 Å². The third-order valence-electron chi connectivity index (χ3n) is 1.98. The van der Waals surface area contributed by atoms with E-state index in [1.54, 1.807) is 0 Å². The first kappa shape index (κ1) is 20.2. The Morgan fingerprint density at radius 2 is 1.05 bits per heavy atom. The number of primary amides is 2. The van der Waals surface area contributed by atoms with Crippen molar-refractivity contribution in [3.8, 4) is 0 Å². The van der Waals surface area contributed by atoms with Gasteiger partial charge in [0.15, 0.2) is 0 Å². The van der Waals surface area contributed by atoms with E-state index in [0.29, 0.717) is 12.8 Å². The van der Waals surface area contributed by atoms with Crippen molar-refractivity contribution < 1.29 is 19.2 Å². The second-order valence-corrected chi connectivity index (χ2v) is 3.69. The van der Waals surface area contributed by atoms with Crippen LogP contribution in [0.3, 0.4) is 0 Å². The molecular weight excluding hydrogens is 264 g/mol. The minimum atomic E-state index is -0.603. The second-order valence-electron chi connectivity index (χ2n) is 3.69. The zero-order valence-corrected chi connectivity index (χ0v) is 12.0. The van der Waals surface area contributed by atoms with Gasteiger partial charge in [-0.25, -0.2) is 0 Å². The molecule has 0 spiro atoms. The predicted molar refractivity (Wildman–Crippen MR) is 74.2 cm³/mol. The summed E-state index contributed by atoms with van der Waals surface area (Å²) in [6, 6.07) is 0. The highest BCUT2D eigenvalue weighted by molar-refractivity contribution is 5.84. The van der Waals surface area contributed by atoms with Crippen molar-refractivity contribution in [3.05, 3.63) is 0 Å². The molecule has 8 nitrogen and oxygen atoms in total. The van der Waals surface area contributed by atoms with Crippen molar-refractivity contribution in [3.63, 3.8) is 0 Å². The Labute approximate surface area is 118 Å². The molecule has 0 aliphatic carbocycles. The number of nitrogens with one attached hydrogen (secondary N) is 2. The Balaban J connectivity index is 0. The maximum Gasteiger partial charge on any atom is 0.236 e. The fourth-order valence-electron chi connectivity index (χ4n) is 1.12. The molecule has 0 radical (unpaired) electrons. The van der Waals surface area contributed by atoms with E-state index in [2.05, 4.69) is 10.6 Å². The molecule has 8 heteroatoms. The number of carbonyl (C=O) groups is 4. The largest absolute Gasteiger partial charge is 0.368 e. The summed E-state index contributed by atoms with van der Waals surface area (Å²) in [6.45, 7) is 3.63. The van der Waals surface area contributed by atoms with Crippen LogP contribution in [0.4, 0.5) is 0 Å². The lowest BCUT2D eigenvalue weighted by Gasteiger charge is -2.03. The van der Waals surface area contributed by atoms with Gasteiger partial charge in [-0.2, -0.15) is 0 Å². The zero-order valence-electron chi connectivity index (χ0n) is 12.0. The van der Waals surface area contributed by atoms with Gasteiger partial charge in [-0.1, -0.05) is 13.8 Å². The Bertz CT molecular complexity index is 299. The first-order valence-corrected chi connectivity index (χ1v) is 6.52. The molecule has 20 heavy (non-hydrogen) atoms. The lowest BCUT2D eigenvalue weighted by Crippen LogP contribution is -2.33. The summed E-state index contributed by atoms with van der Waals surface area (Å²) in [5.41, 5.74) is 9.70. The molecule has 0 fully saturated rings. The van der Waals surface area contributed by atoms with E-state index < -0.39 is 11.8 Å². The van der Waals surface area contributed by atoms with E-state index >= 15 is 0 Å². The number of nitrogens with two attached hydrogens (primary N) is 2. The maximum absolute atomic E-state index is 11.1. The normalized spacial score (nSPS) is 8.90. The van der Waals surface area contributed by atoms with Gasteiger partial charge >= 0.3 is 0 Å². The van der Waals surface area contributed by atoms with Crippen LogP contribution in [0.15, 0.2) is 0 Å². The molecule has 4 amide bonds. The summed E-state index contributed by atoms with van der Waals surface area (Å²) in [4.78, 5) is 43.0. The van der Waals surface area contributed by atoms with Gasteiger partial charge in [0, 0.05) is 12.8 Å². The molecule has 0 heterocycles. The quantitative estimate of drug-likeness (QED) is 0.394. The topological polar surface area (TPSA) is 144 Å². The Hall–Kier alpha value is -2.12. The van der Waals surface area contributed by atoms with Gasteiger partial charge in [0.25, 0.3) is 0 Å². The highest BCUT2D eigenvalue weighted by atomic mass is 16.2. The average Bonchev–Trinajstić information content (AvgIpc) is 2.41. The molecule has 0 unspecified atom stereocenters. The number of hydrogen-bond acceptors (Lipinski definition) is 4. The highest BCUT2D eigenvalue weighted by Crippen LogP contribution is 1.99. The number of hydrogen-bond donors (Lipinski definition) is 4. The lowest BCUT2D eigenvalue weighted by atomic mass is 10.2. The van der Waals surface area contributed by atoms with Crippen LogP contribution in [0.5, 0.6) is 0 Å². The minimum Gasteiger partial charge on any atom is -0.368 e. The maximum atomic E-state index is 11.1. The SMILES string of the molecule is CC.NC(=O)CNC(=O)CCCCC(=O)NCC(N)=O. The van der Waals surface area contributed by atoms with Crippen molar-refractivity contribution in [2.75, 3.05) is 13.1 Å². The van der Waals surface area contributed by atoms with E-state index in [9.17, 15) is 19.2 Å². The van der Waals surface area contributed by atoms with Crippen LogP contribution in [0.25, 0.3) is 0 Å². The van der Waals surface area contributed by atoms with Crippen LogP contribution in [-0.2, 0) is 19.2 Å². The van der Waals surface area contributed by atoms with E-state index in [0.717, 1.165) is 0 Å². The minimum absolute atomic E-state index is 0.183. The molecule has 116 valence electrons. The third-order valence-corrected chi connectivity index (χ3v) is 1.98. The fraction of sp³-hybridized carbons (Fsp3) is 0.667. The van der Waals surface area contributed by atoms with Crippen molar-refractivity contribution in [1.82, 2.24) is 10.6 Å².